The molecule has 0 amide bonds. The van der Waals surface area contributed by atoms with Crippen LogP contribution in [0.1, 0.15) is 31.5 Å². The molecule has 2 aromatic rings. The number of anilines is 1. The summed E-state index contributed by atoms with van der Waals surface area (Å²) in [7, 11) is 0. The van der Waals surface area contributed by atoms with Gasteiger partial charge in [-0.1, -0.05) is 0 Å². The Kier molecular flexibility index (Phi) is 4.32. The lowest BCUT2D eigenvalue weighted by molar-refractivity contribution is 0.193. The second-order valence-corrected chi connectivity index (χ2v) is 6.82. The summed E-state index contributed by atoms with van der Waals surface area (Å²) in [6.45, 7) is 7.63. The largest absolute Gasteiger partial charge is 0.338 e. The third-order valence-electron chi connectivity index (χ3n) is 4.75. The van der Waals surface area contributed by atoms with E-state index in [1.807, 2.05) is 10.7 Å². The summed E-state index contributed by atoms with van der Waals surface area (Å²) in [6.07, 6.45) is 6.10. The molecule has 128 valence electrons. The Morgan fingerprint density at radius 3 is 2.46 bits per heavy atom. The smallest absolute Gasteiger partial charge is 0.225 e. The monoisotopic (exact) mass is 345 g/mol. The van der Waals surface area contributed by atoms with E-state index in [4.69, 9.17) is 17.3 Å². The Labute approximate surface area is 146 Å². The third-order valence-corrected chi connectivity index (χ3v) is 5.18. The van der Waals surface area contributed by atoms with Gasteiger partial charge in [0.05, 0.1) is 6.67 Å². The molecule has 0 spiro atoms. The quantitative estimate of drug-likeness (QED) is 0.771. The van der Waals surface area contributed by atoms with Crippen LogP contribution in [-0.2, 0) is 13.2 Å². The fourth-order valence-electron chi connectivity index (χ4n) is 3.22. The van der Waals surface area contributed by atoms with E-state index in [0.29, 0.717) is 5.92 Å². The van der Waals surface area contributed by atoms with E-state index in [1.165, 1.54) is 18.7 Å². The van der Waals surface area contributed by atoms with Crippen molar-refractivity contribution in [2.45, 2.75) is 38.9 Å². The van der Waals surface area contributed by atoms with Gasteiger partial charge in [0.15, 0.2) is 4.77 Å². The lowest BCUT2D eigenvalue weighted by atomic mass is 10.3. The van der Waals surface area contributed by atoms with Crippen LogP contribution in [0, 0.1) is 4.77 Å². The predicted octanol–water partition coefficient (Wildman–Crippen LogP) is 1.88. The summed E-state index contributed by atoms with van der Waals surface area (Å²) < 4.78 is 5.05. The van der Waals surface area contributed by atoms with Crippen LogP contribution in [0.3, 0.4) is 0 Å². The topological polar surface area (TPSA) is 55.0 Å². The van der Waals surface area contributed by atoms with Gasteiger partial charge in [-0.25, -0.2) is 14.6 Å². The van der Waals surface area contributed by atoms with Crippen LogP contribution < -0.4 is 4.90 Å². The maximum Gasteiger partial charge on any atom is 0.225 e. The number of rotatable bonds is 5. The van der Waals surface area contributed by atoms with Crippen molar-refractivity contribution in [3.05, 3.63) is 29.1 Å². The fourth-order valence-corrected chi connectivity index (χ4v) is 3.55. The lowest BCUT2D eigenvalue weighted by Crippen LogP contribution is -2.47. The summed E-state index contributed by atoms with van der Waals surface area (Å²) >= 11 is 5.63. The standard InChI is InChI=1S/C16H23N7S/c1-2-22-14(13-4-5-13)19-23(16(22)24)12-20-8-10-21(11-9-20)15-17-6-3-7-18-15/h3,6-7,13H,2,4-5,8-12H2,1H3. The van der Waals surface area contributed by atoms with Gasteiger partial charge in [-0.3, -0.25) is 4.90 Å². The highest BCUT2D eigenvalue weighted by Crippen LogP contribution is 2.39. The van der Waals surface area contributed by atoms with Gasteiger partial charge in [-0.2, -0.15) is 5.10 Å². The molecule has 8 heteroatoms. The van der Waals surface area contributed by atoms with E-state index >= 15 is 0 Å². The minimum Gasteiger partial charge on any atom is -0.338 e. The lowest BCUT2D eigenvalue weighted by Gasteiger charge is -2.34. The Hall–Kier alpha value is -1.80. The second-order valence-electron chi connectivity index (χ2n) is 6.45. The highest BCUT2D eigenvalue weighted by Gasteiger charge is 2.30. The van der Waals surface area contributed by atoms with Crippen LogP contribution in [0.2, 0.25) is 0 Å². The van der Waals surface area contributed by atoms with Crippen LogP contribution >= 0.6 is 12.2 Å². The molecule has 0 aromatic carbocycles. The molecule has 7 nitrogen and oxygen atoms in total. The Balaban J connectivity index is 1.41. The van der Waals surface area contributed by atoms with E-state index in [1.54, 1.807) is 12.4 Å². The van der Waals surface area contributed by atoms with E-state index in [9.17, 15) is 0 Å². The summed E-state index contributed by atoms with van der Waals surface area (Å²) in [6, 6.07) is 1.85. The highest BCUT2D eigenvalue weighted by atomic mass is 32.1. The normalized spacial score (nSPS) is 19.0. The zero-order chi connectivity index (χ0) is 16.5. The first-order valence-electron chi connectivity index (χ1n) is 8.68. The maximum atomic E-state index is 5.63. The van der Waals surface area contributed by atoms with Gasteiger partial charge >= 0.3 is 0 Å². The molecule has 0 N–H and O–H groups in total. The minimum absolute atomic E-state index is 0.625. The number of piperazine rings is 1. The summed E-state index contributed by atoms with van der Waals surface area (Å²) in [5, 5.41) is 4.81. The summed E-state index contributed by atoms with van der Waals surface area (Å²) in [5.41, 5.74) is 0. The fraction of sp³-hybridized carbons (Fsp3) is 0.625. The average Bonchev–Trinajstić information content (AvgIpc) is 3.42. The van der Waals surface area contributed by atoms with Crippen molar-refractivity contribution in [1.29, 1.82) is 0 Å². The molecule has 0 radical (unpaired) electrons. The predicted molar refractivity (Wildman–Crippen MR) is 94.5 cm³/mol. The zero-order valence-corrected chi connectivity index (χ0v) is 14.8. The van der Waals surface area contributed by atoms with Crippen molar-refractivity contribution >= 4 is 18.2 Å². The molecule has 2 fully saturated rings. The number of aromatic nitrogens is 5. The molecule has 1 saturated heterocycles. The second kappa shape index (κ2) is 6.60. The molecule has 0 unspecified atom stereocenters. The molecular formula is C16H23N7S. The molecule has 1 aliphatic carbocycles. The van der Waals surface area contributed by atoms with Crippen molar-refractivity contribution in [3.8, 4) is 0 Å². The number of nitrogens with zero attached hydrogens (tertiary/aromatic N) is 7. The van der Waals surface area contributed by atoms with Gasteiger partial charge in [0, 0.05) is 51.0 Å². The van der Waals surface area contributed by atoms with Gasteiger partial charge in [0.25, 0.3) is 0 Å². The molecule has 24 heavy (non-hydrogen) atoms. The van der Waals surface area contributed by atoms with Crippen LogP contribution in [0.25, 0.3) is 0 Å². The first-order chi connectivity index (χ1) is 11.8. The van der Waals surface area contributed by atoms with Gasteiger partial charge < -0.3 is 9.47 Å². The molecule has 0 bridgehead atoms. The molecule has 1 aliphatic heterocycles. The van der Waals surface area contributed by atoms with Crippen molar-refractivity contribution in [1.82, 2.24) is 29.2 Å². The molecule has 4 rings (SSSR count). The van der Waals surface area contributed by atoms with Gasteiger partial charge in [0.2, 0.25) is 5.95 Å². The van der Waals surface area contributed by atoms with E-state index < -0.39 is 0 Å². The maximum absolute atomic E-state index is 5.63. The minimum atomic E-state index is 0.625. The van der Waals surface area contributed by atoms with Crippen LogP contribution in [0.5, 0.6) is 0 Å². The Bertz CT molecular complexity index is 742. The third kappa shape index (κ3) is 3.08. The molecule has 2 aliphatic rings. The zero-order valence-electron chi connectivity index (χ0n) is 14.0. The van der Waals surface area contributed by atoms with E-state index in [0.717, 1.165) is 50.1 Å². The van der Waals surface area contributed by atoms with Gasteiger partial charge in [-0.15, -0.1) is 0 Å². The van der Waals surface area contributed by atoms with Crippen LogP contribution in [0.15, 0.2) is 18.5 Å². The SMILES string of the molecule is CCn1c(C2CC2)nn(CN2CCN(c3ncccn3)CC2)c1=S. The summed E-state index contributed by atoms with van der Waals surface area (Å²) in [5.74, 6) is 2.62. The molecular weight excluding hydrogens is 322 g/mol. The molecule has 1 saturated carbocycles. The van der Waals surface area contributed by atoms with Crippen molar-refractivity contribution < 1.29 is 0 Å². The Morgan fingerprint density at radius 2 is 1.83 bits per heavy atom. The average molecular weight is 345 g/mol. The first-order valence-corrected chi connectivity index (χ1v) is 9.09. The highest BCUT2D eigenvalue weighted by molar-refractivity contribution is 7.71. The van der Waals surface area contributed by atoms with Gasteiger partial charge in [0.1, 0.15) is 5.82 Å². The number of hydrogen-bond donors (Lipinski definition) is 0. The van der Waals surface area contributed by atoms with E-state index in [2.05, 4.69) is 31.3 Å². The first kappa shape index (κ1) is 15.7. The van der Waals surface area contributed by atoms with Crippen LogP contribution in [0.4, 0.5) is 5.95 Å². The number of hydrogen-bond acceptors (Lipinski definition) is 6. The van der Waals surface area contributed by atoms with Crippen molar-refractivity contribution in [3.63, 3.8) is 0 Å². The van der Waals surface area contributed by atoms with Crippen molar-refractivity contribution in [2.75, 3.05) is 31.1 Å². The van der Waals surface area contributed by atoms with E-state index in [-0.39, 0.29) is 0 Å². The van der Waals surface area contributed by atoms with Crippen LogP contribution in [-0.4, -0.2) is 55.4 Å². The summed E-state index contributed by atoms with van der Waals surface area (Å²) in [4.78, 5) is 13.3. The molecule has 2 aromatic heterocycles. The van der Waals surface area contributed by atoms with Gasteiger partial charge in [-0.05, 0) is 38.0 Å². The van der Waals surface area contributed by atoms with Crippen molar-refractivity contribution in [2.24, 2.45) is 0 Å². The molecule has 0 atom stereocenters. The molecule has 3 heterocycles. The Morgan fingerprint density at radius 1 is 1.12 bits per heavy atom.